The SMILES string of the molecule is COCCNC(=O)C(C)Nc1cc2[nH]c(=O)oc2cc1N. The maximum Gasteiger partial charge on any atom is 0.417 e. The number of carbonyl (C=O) groups is 1. The number of methoxy groups -OCH3 is 1. The summed E-state index contributed by atoms with van der Waals surface area (Å²) < 4.78 is 9.77. The lowest BCUT2D eigenvalue weighted by atomic mass is 10.2. The highest BCUT2D eigenvalue weighted by Crippen LogP contribution is 2.24. The van der Waals surface area contributed by atoms with Crippen molar-refractivity contribution < 1.29 is 13.9 Å². The lowest BCUT2D eigenvalue weighted by Gasteiger charge is -2.16. The molecule has 1 atom stereocenters. The molecule has 114 valence electrons. The fraction of sp³-hybridized carbons (Fsp3) is 0.385. The zero-order valence-electron chi connectivity index (χ0n) is 11.9. The van der Waals surface area contributed by atoms with Crippen LogP contribution in [0, 0.1) is 0 Å². The second kappa shape index (κ2) is 6.31. The summed E-state index contributed by atoms with van der Waals surface area (Å²) in [5, 5.41) is 5.72. The number of hydrogen-bond donors (Lipinski definition) is 4. The molecule has 8 heteroatoms. The number of carbonyl (C=O) groups excluding carboxylic acids is 1. The van der Waals surface area contributed by atoms with Crippen LogP contribution >= 0.6 is 0 Å². The van der Waals surface area contributed by atoms with Gasteiger partial charge in [-0.3, -0.25) is 9.78 Å². The van der Waals surface area contributed by atoms with Crippen LogP contribution in [0.15, 0.2) is 21.3 Å². The molecule has 0 aliphatic heterocycles. The van der Waals surface area contributed by atoms with Gasteiger partial charge in [0.2, 0.25) is 5.91 Å². The van der Waals surface area contributed by atoms with Crippen molar-refractivity contribution in [3.8, 4) is 0 Å². The Morgan fingerprint density at radius 2 is 2.29 bits per heavy atom. The lowest BCUT2D eigenvalue weighted by molar-refractivity contribution is -0.121. The Morgan fingerprint density at radius 3 is 3.00 bits per heavy atom. The molecule has 1 heterocycles. The molecule has 5 N–H and O–H groups in total. The maximum absolute atomic E-state index is 11.9. The molecule has 1 aromatic heterocycles. The van der Waals surface area contributed by atoms with Crippen molar-refractivity contribution in [1.82, 2.24) is 10.3 Å². The van der Waals surface area contributed by atoms with Crippen LogP contribution in [0.1, 0.15) is 6.92 Å². The van der Waals surface area contributed by atoms with Crippen LogP contribution < -0.4 is 22.1 Å². The second-order valence-corrected chi connectivity index (χ2v) is 4.60. The van der Waals surface area contributed by atoms with Crippen molar-refractivity contribution in [1.29, 1.82) is 0 Å². The number of nitrogens with one attached hydrogen (secondary N) is 3. The first-order valence-corrected chi connectivity index (χ1v) is 6.47. The van der Waals surface area contributed by atoms with Gasteiger partial charge < -0.3 is 25.5 Å². The minimum atomic E-state index is -0.549. The third-order valence-corrected chi connectivity index (χ3v) is 2.96. The summed E-state index contributed by atoms with van der Waals surface area (Å²) in [5.41, 5.74) is 7.71. The number of H-pyrrole nitrogens is 1. The summed E-state index contributed by atoms with van der Waals surface area (Å²) in [6, 6.07) is 2.68. The first-order valence-electron chi connectivity index (χ1n) is 6.47. The molecule has 21 heavy (non-hydrogen) atoms. The van der Waals surface area contributed by atoms with E-state index >= 15 is 0 Å². The van der Waals surface area contributed by atoms with Crippen LogP contribution in [0.5, 0.6) is 0 Å². The summed E-state index contributed by atoms with van der Waals surface area (Å²) in [4.78, 5) is 25.5. The van der Waals surface area contributed by atoms with Gasteiger partial charge in [-0.1, -0.05) is 0 Å². The largest absolute Gasteiger partial charge is 0.417 e. The molecule has 1 aromatic carbocycles. The number of aromatic nitrogens is 1. The Labute approximate surface area is 120 Å². The molecule has 0 fully saturated rings. The van der Waals surface area contributed by atoms with E-state index in [1.807, 2.05) is 0 Å². The van der Waals surface area contributed by atoms with Gasteiger partial charge in [-0.15, -0.1) is 0 Å². The van der Waals surface area contributed by atoms with Gasteiger partial charge >= 0.3 is 5.76 Å². The summed E-state index contributed by atoms with van der Waals surface area (Å²) in [6.07, 6.45) is 0. The minimum absolute atomic E-state index is 0.174. The van der Waals surface area contributed by atoms with Crippen molar-refractivity contribution in [3.05, 3.63) is 22.7 Å². The smallest absolute Gasteiger partial charge is 0.408 e. The van der Waals surface area contributed by atoms with Crippen LogP contribution in [0.3, 0.4) is 0 Å². The molecule has 0 spiro atoms. The number of nitrogen functional groups attached to an aromatic ring is 1. The first-order chi connectivity index (χ1) is 10.0. The number of aromatic amines is 1. The average Bonchev–Trinajstić information content (AvgIpc) is 2.78. The van der Waals surface area contributed by atoms with E-state index in [-0.39, 0.29) is 5.91 Å². The van der Waals surface area contributed by atoms with Crippen molar-refractivity contribution in [2.24, 2.45) is 0 Å². The third-order valence-electron chi connectivity index (χ3n) is 2.96. The van der Waals surface area contributed by atoms with E-state index in [0.717, 1.165) is 0 Å². The summed E-state index contributed by atoms with van der Waals surface area (Å²) in [5.74, 6) is -0.723. The quantitative estimate of drug-likeness (QED) is 0.448. The summed E-state index contributed by atoms with van der Waals surface area (Å²) in [7, 11) is 1.56. The fourth-order valence-corrected chi connectivity index (χ4v) is 1.87. The van der Waals surface area contributed by atoms with Crippen molar-refractivity contribution in [3.63, 3.8) is 0 Å². The van der Waals surface area contributed by atoms with E-state index in [1.54, 1.807) is 20.1 Å². The van der Waals surface area contributed by atoms with Gasteiger partial charge in [0.15, 0.2) is 5.58 Å². The molecule has 2 aromatic rings. The Bertz CT molecular complexity index is 691. The van der Waals surface area contributed by atoms with Crippen molar-refractivity contribution >= 4 is 28.4 Å². The molecule has 0 saturated carbocycles. The number of fused-ring (bicyclic) bond motifs is 1. The maximum atomic E-state index is 11.9. The molecular weight excluding hydrogens is 276 g/mol. The second-order valence-electron chi connectivity index (χ2n) is 4.60. The molecule has 1 amide bonds. The first kappa shape index (κ1) is 14.9. The third kappa shape index (κ3) is 3.54. The minimum Gasteiger partial charge on any atom is -0.408 e. The molecule has 0 radical (unpaired) electrons. The topological polar surface area (TPSA) is 122 Å². The predicted octanol–water partition coefficient (Wildman–Crippen LogP) is 0.266. The monoisotopic (exact) mass is 294 g/mol. The van der Waals surface area contributed by atoms with Gasteiger partial charge in [-0.2, -0.15) is 0 Å². The van der Waals surface area contributed by atoms with Crippen molar-refractivity contribution in [2.75, 3.05) is 31.3 Å². The predicted molar refractivity (Wildman–Crippen MR) is 79.2 cm³/mol. The Hall–Kier alpha value is -2.48. The standard InChI is InChI=1S/C13H18N4O4/c1-7(12(18)15-3-4-20-2)16-9-6-10-11(5-8(9)14)21-13(19)17-10/h5-7,16H,3-4,14H2,1-2H3,(H,15,18)(H,17,19). The van der Waals surface area contributed by atoms with Crippen LogP contribution in [-0.2, 0) is 9.53 Å². The molecule has 2 rings (SSSR count). The molecule has 0 aliphatic carbocycles. The van der Waals surface area contributed by atoms with E-state index < -0.39 is 11.8 Å². The number of rotatable bonds is 6. The summed E-state index contributed by atoms with van der Waals surface area (Å²) in [6.45, 7) is 2.59. The Morgan fingerprint density at radius 1 is 1.52 bits per heavy atom. The zero-order chi connectivity index (χ0) is 15.4. The van der Waals surface area contributed by atoms with E-state index in [9.17, 15) is 9.59 Å². The molecule has 0 aliphatic rings. The number of benzene rings is 1. The van der Waals surface area contributed by atoms with E-state index in [4.69, 9.17) is 14.9 Å². The summed E-state index contributed by atoms with van der Waals surface area (Å²) >= 11 is 0. The highest BCUT2D eigenvalue weighted by molar-refractivity contribution is 5.89. The van der Waals surface area contributed by atoms with E-state index in [1.165, 1.54) is 6.07 Å². The number of amides is 1. The number of nitrogens with two attached hydrogens (primary N) is 1. The van der Waals surface area contributed by atoms with Gasteiger partial charge in [0, 0.05) is 19.7 Å². The van der Waals surface area contributed by atoms with Gasteiger partial charge in [0.05, 0.1) is 23.5 Å². The number of anilines is 2. The van der Waals surface area contributed by atoms with Gasteiger partial charge in [-0.05, 0) is 13.0 Å². The normalized spacial score (nSPS) is 12.3. The Balaban J connectivity index is 2.09. The van der Waals surface area contributed by atoms with Crippen LogP contribution in [0.4, 0.5) is 11.4 Å². The lowest BCUT2D eigenvalue weighted by Crippen LogP contribution is -2.39. The number of ether oxygens (including phenoxy) is 1. The highest BCUT2D eigenvalue weighted by Gasteiger charge is 2.14. The van der Waals surface area contributed by atoms with Crippen LogP contribution in [0.25, 0.3) is 11.1 Å². The van der Waals surface area contributed by atoms with Gasteiger partial charge in [0.25, 0.3) is 0 Å². The zero-order valence-corrected chi connectivity index (χ0v) is 11.9. The molecule has 0 saturated heterocycles. The fourth-order valence-electron chi connectivity index (χ4n) is 1.87. The molecule has 0 bridgehead atoms. The van der Waals surface area contributed by atoms with Crippen LogP contribution in [-0.4, -0.2) is 37.2 Å². The molecule has 8 nitrogen and oxygen atoms in total. The average molecular weight is 294 g/mol. The van der Waals surface area contributed by atoms with Crippen molar-refractivity contribution in [2.45, 2.75) is 13.0 Å². The van der Waals surface area contributed by atoms with E-state index in [2.05, 4.69) is 15.6 Å². The highest BCUT2D eigenvalue weighted by atomic mass is 16.5. The number of oxazole rings is 1. The molecule has 1 unspecified atom stereocenters. The van der Waals surface area contributed by atoms with E-state index in [0.29, 0.717) is 35.6 Å². The van der Waals surface area contributed by atoms with Crippen LogP contribution in [0.2, 0.25) is 0 Å². The van der Waals surface area contributed by atoms with Gasteiger partial charge in [0.1, 0.15) is 6.04 Å². The number of hydrogen-bond acceptors (Lipinski definition) is 6. The van der Waals surface area contributed by atoms with Gasteiger partial charge in [-0.25, -0.2) is 4.79 Å². The molecular formula is C13H18N4O4. The Kier molecular flexibility index (Phi) is 4.49.